The molecule has 202 valence electrons. The van der Waals surface area contributed by atoms with Crippen LogP contribution in [-0.2, 0) is 14.4 Å². The third-order valence-corrected chi connectivity index (χ3v) is 8.46. The van der Waals surface area contributed by atoms with Gasteiger partial charge in [0.1, 0.15) is 17.3 Å². The summed E-state index contributed by atoms with van der Waals surface area (Å²) in [5, 5.41) is 37.7. The lowest BCUT2D eigenvalue weighted by atomic mass is 9.48. The molecule has 2 fully saturated rings. The molecule has 10 nitrogen and oxygen atoms in total. The highest BCUT2D eigenvalue weighted by Gasteiger charge is 2.72. The summed E-state index contributed by atoms with van der Waals surface area (Å²) in [6.07, 6.45) is -1.45. The molecule has 0 bridgehead atoms. The van der Waals surface area contributed by atoms with Crippen LogP contribution >= 0.6 is 0 Å². The molecule has 0 saturated heterocycles. The van der Waals surface area contributed by atoms with Crippen molar-refractivity contribution in [1.82, 2.24) is 10.2 Å². The number of nitrogens with zero attached hydrogens (tertiary/aromatic N) is 1. The number of rotatable bonds is 4. The van der Waals surface area contributed by atoms with Gasteiger partial charge in [0.05, 0.1) is 29.7 Å². The zero-order valence-corrected chi connectivity index (χ0v) is 22.1. The number of Topliss-reactive ketones (excluding diaryl/α,β-unsaturated/α-hetero) is 3. The van der Waals surface area contributed by atoms with Gasteiger partial charge in [-0.15, -0.1) is 0 Å². The average molecular weight is 516 g/mol. The van der Waals surface area contributed by atoms with Gasteiger partial charge in [0, 0.05) is 18.4 Å². The number of amides is 1. The summed E-state index contributed by atoms with van der Waals surface area (Å²) < 4.78 is 0. The lowest BCUT2D eigenvalue weighted by Crippen LogP contribution is -2.81. The number of phenols is 1. The molecule has 9 atom stereocenters. The van der Waals surface area contributed by atoms with E-state index in [-0.39, 0.29) is 23.3 Å². The van der Waals surface area contributed by atoms with E-state index in [2.05, 4.69) is 5.32 Å². The van der Waals surface area contributed by atoms with Crippen LogP contribution in [0.4, 0.5) is 0 Å². The van der Waals surface area contributed by atoms with E-state index in [1.807, 2.05) is 20.8 Å². The second-order valence-electron chi connectivity index (χ2n) is 12.3. The zero-order chi connectivity index (χ0) is 27.8. The van der Waals surface area contributed by atoms with Crippen LogP contribution in [0.2, 0.25) is 0 Å². The second-order valence-corrected chi connectivity index (χ2v) is 12.3. The minimum Gasteiger partial charge on any atom is -0.507 e. The molecule has 4 rings (SSSR count). The van der Waals surface area contributed by atoms with Crippen LogP contribution in [0.5, 0.6) is 5.75 Å². The van der Waals surface area contributed by atoms with E-state index in [1.54, 1.807) is 33.2 Å². The molecule has 3 aliphatic rings. The summed E-state index contributed by atoms with van der Waals surface area (Å²) in [4.78, 5) is 55.9. The Morgan fingerprint density at radius 2 is 1.81 bits per heavy atom. The number of carbonyl (C=O) groups is 4. The summed E-state index contributed by atoms with van der Waals surface area (Å²) in [6, 6.07) is 1.95. The summed E-state index contributed by atoms with van der Waals surface area (Å²) >= 11 is 0. The van der Waals surface area contributed by atoms with E-state index in [1.165, 1.54) is 11.0 Å². The molecule has 6 N–H and O–H groups in total. The number of hydrogen-bond acceptors (Lipinski definition) is 9. The Labute approximate surface area is 216 Å². The third-order valence-electron chi connectivity index (χ3n) is 8.46. The van der Waals surface area contributed by atoms with Gasteiger partial charge in [-0.2, -0.15) is 0 Å². The van der Waals surface area contributed by atoms with Crippen molar-refractivity contribution in [3.63, 3.8) is 0 Å². The highest BCUT2D eigenvalue weighted by molar-refractivity contribution is 6.18. The number of carbonyl (C=O) groups excluding carboxylic acids is 4. The number of benzene rings is 1. The SMILES string of the molecule is C[C@H]1c2cccc(O)c2C(=O)C2C(=O)[C@@]3(O)[C@@H]([C@@H](O)[C@@H]21)[C@H](N(C)C)C(=O)C(C(N)=O)[C@H]3NCC(C)(C)C. The van der Waals surface area contributed by atoms with Gasteiger partial charge in [-0.3, -0.25) is 24.1 Å². The molecule has 0 aliphatic heterocycles. The number of nitrogens with one attached hydrogen (secondary N) is 1. The number of nitrogens with two attached hydrogens (primary N) is 1. The fourth-order valence-corrected chi connectivity index (χ4v) is 6.87. The number of hydrogen-bond donors (Lipinski definition) is 5. The fraction of sp³-hybridized carbons (Fsp3) is 0.630. The minimum atomic E-state index is -2.47. The van der Waals surface area contributed by atoms with Gasteiger partial charge in [0.25, 0.3) is 0 Å². The first kappa shape index (κ1) is 27.4. The number of aromatic hydroxyl groups is 1. The van der Waals surface area contributed by atoms with Crippen molar-refractivity contribution < 1.29 is 34.5 Å². The van der Waals surface area contributed by atoms with Gasteiger partial charge < -0.3 is 26.4 Å². The summed E-state index contributed by atoms with van der Waals surface area (Å²) in [5.41, 5.74) is 3.32. The van der Waals surface area contributed by atoms with Crippen molar-refractivity contribution in [2.75, 3.05) is 20.6 Å². The number of aliphatic hydroxyl groups excluding tert-OH is 1. The number of aliphatic hydroxyl groups is 2. The highest BCUT2D eigenvalue weighted by Crippen LogP contribution is 2.55. The van der Waals surface area contributed by atoms with Gasteiger partial charge in [-0.05, 0) is 37.1 Å². The van der Waals surface area contributed by atoms with Crippen molar-refractivity contribution in [2.45, 2.75) is 57.4 Å². The summed E-state index contributed by atoms with van der Waals surface area (Å²) in [5.74, 6) is -9.33. The van der Waals surface area contributed by atoms with Crippen molar-refractivity contribution >= 4 is 23.3 Å². The molecule has 1 aromatic rings. The molecule has 2 unspecified atom stereocenters. The zero-order valence-electron chi connectivity index (χ0n) is 22.1. The Hall–Kier alpha value is -2.66. The topological polar surface area (TPSA) is 170 Å². The standard InChI is InChI=1S/C27H37N3O7/c1-11-12-8-7-9-13(31)15(12)20(32)16-14(11)21(33)18-19(30(5)6)22(34)17(25(28)36)23(27(18,37)24(16)35)29-10-26(2,3)4/h7-9,11,14,16-19,21,23,29,31,33,37H,10H2,1-6H3,(H2,28,36)/t11-,14+,16?,17?,18+,19-,21-,23+,27+/m0/s1. The molecule has 0 aromatic heterocycles. The van der Waals surface area contributed by atoms with Gasteiger partial charge in [0.15, 0.2) is 17.3 Å². The molecule has 0 radical (unpaired) electrons. The Bertz CT molecular complexity index is 1160. The predicted octanol–water partition coefficient (Wildman–Crippen LogP) is -0.166. The predicted molar refractivity (Wildman–Crippen MR) is 134 cm³/mol. The maximum Gasteiger partial charge on any atom is 0.229 e. The quantitative estimate of drug-likeness (QED) is 0.342. The van der Waals surface area contributed by atoms with E-state index in [4.69, 9.17) is 5.73 Å². The molecule has 10 heteroatoms. The normalized spacial score (nSPS) is 37.7. The number of primary amides is 1. The lowest BCUT2D eigenvalue weighted by Gasteiger charge is -2.59. The van der Waals surface area contributed by atoms with Crippen molar-refractivity contribution in [3.8, 4) is 5.75 Å². The molecule has 37 heavy (non-hydrogen) atoms. The summed E-state index contributed by atoms with van der Waals surface area (Å²) in [6.45, 7) is 7.65. The monoisotopic (exact) mass is 515 g/mol. The Morgan fingerprint density at radius 1 is 1.19 bits per heavy atom. The smallest absolute Gasteiger partial charge is 0.229 e. The highest BCUT2D eigenvalue weighted by atomic mass is 16.3. The Morgan fingerprint density at radius 3 is 2.35 bits per heavy atom. The first-order valence-electron chi connectivity index (χ1n) is 12.6. The second kappa shape index (κ2) is 8.97. The van der Waals surface area contributed by atoms with Crippen molar-refractivity contribution in [3.05, 3.63) is 29.3 Å². The fourth-order valence-electron chi connectivity index (χ4n) is 6.87. The van der Waals surface area contributed by atoms with E-state index in [0.29, 0.717) is 5.56 Å². The maximum atomic E-state index is 14.3. The van der Waals surface area contributed by atoms with E-state index in [9.17, 15) is 34.5 Å². The van der Waals surface area contributed by atoms with Crippen LogP contribution in [0.3, 0.4) is 0 Å². The largest absolute Gasteiger partial charge is 0.507 e. The van der Waals surface area contributed by atoms with Crippen LogP contribution in [-0.4, -0.2) is 87.9 Å². The molecule has 3 aliphatic carbocycles. The third kappa shape index (κ3) is 3.93. The Balaban J connectivity index is 1.95. The molecular formula is C27H37N3O7. The number of likely N-dealkylation sites (N-methyl/N-ethyl adjacent to an activating group) is 1. The molecule has 0 spiro atoms. The average Bonchev–Trinajstić information content (AvgIpc) is 2.78. The summed E-state index contributed by atoms with van der Waals surface area (Å²) in [7, 11) is 3.13. The van der Waals surface area contributed by atoms with E-state index < -0.39 is 76.6 Å². The molecular weight excluding hydrogens is 478 g/mol. The van der Waals surface area contributed by atoms with Gasteiger partial charge >= 0.3 is 0 Å². The number of fused-ring (bicyclic) bond motifs is 3. The molecule has 2 saturated carbocycles. The van der Waals surface area contributed by atoms with Gasteiger partial charge in [-0.25, -0.2) is 0 Å². The van der Waals surface area contributed by atoms with Crippen LogP contribution in [0.15, 0.2) is 18.2 Å². The van der Waals surface area contributed by atoms with Crippen LogP contribution in [0, 0.1) is 29.1 Å². The lowest BCUT2D eigenvalue weighted by molar-refractivity contribution is -0.204. The molecule has 0 heterocycles. The Kier molecular flexibility index (Phi) is 6.64. The van der Waals surface area contributed by atoms with Crippen LogP contribution < -0.4 is 11.1 Å². The van der Waals surface area contributed by atoms with Crippen molar-refractivity contribution in [2.24, 2.45) is 34.8 Å². The van der Waals surface area contributed by atoms with Gasteiger partial charge in [0.2, 0.25) is 5.91 Å². The van der Waals surface area contributed by atoms with Crippen LogP contribution in [0.1, 0.15) is 49.5 Å². The minimum absolute atomic E-state index is 0.0134. The first-order chi connectivity index (χ1) is 17.1. The molecule has 1 amide bonds. The van der Waals surface area contributed by atoms with Gasteiger partial charge in [-0.1, -0.05) is 39.8 Å². The van der Waals surface area contributed by atoms with E-state index >= 15 is 0 Å². The first-order valence-corrected chi connectivity index (χ1v) is 12.6. The van der Waals surface area contributed by atoms with Crippen LogP contribution in [0.25, 0.3) is 0 Å². The van der Waals surface area contributed by atoms with E-state index in [0.717, 1.165) is 0 Å². The molecule has 1 aromatic carbocycles. The number of phenolic OH excluding ortho intramolecular Hbond substituents is 1. The number of ketones is 3. The maximum absolute atomic E-state index is 14.3. The van der Waals surface area contributed by atoms with Crippen molar-refractivity contribution in [1.29, 1.82) is 0 Å².